The van der Waals surface area contributed by atoms with Crippen molar-refractivity contribution in [3.05, 3.63) is 35.4 Å². The molecule has 3 nitrogen and oxygen atoms in total. The molecule has 0 aliphatic carbocycles. The van der Waals surface area contributed by atoms with Gasteiger partial charge in [-0.3, -0.25) is 9.69 Å². The first kappa shape index (κ1) is 15.0. The lowest BCUT2D eigenvalue weighted by atomic mass is 9.86. The summed E-state index contributed by atoms with van der Waals surface area (Å²) >= 11 is 0. The van der Waals surface area contributed by atoms with Gasteiger partial charge < -0.3 is 5.11 Å². The standard InChI is InChI=1S/C17H25NO2/c1-13(2)14-7-9-18(10-8-14)12-16-6-4-3-5-15(16)11-17(19)20/h3-6,13-14H,7-12H2,1-2H3,(H,19,20). The minimum absolute atomic E-state index is 0.124. The summed E-state index contributed by atoms with van der Waals surface area (Å²) in [4.78, 5) is 13.4. The molecule has 0 saturated carbocycles. The zero-order valence-corrected chi connectivity index (χ0v) is 12.5. The molecule has 0 bridgehead atoms. The number of carboxylic acid groups (broad SMARTS) is 1. The Kier molecular flexibility index (Phi) is 5.18. The SMILES string of the molecule is CC(C)C1CCN(Cc2ccccc2CC(=O)O)CC1. The Morgan fingerprint density at radius 2 is 1.85 bits per heavy atom. The summed E-state index contributed by atoms with van der Waals surface area (Å²) in [6.45, 7) is 7.76. The summed E-state index contributed by atoms with van der Waals surface area (Å²) in [7, 11) is 0. The molecule has 0 amide bonds. The van der Waals surface area contributed by atoms with Gasteiger partial charge in [-0.25, -0.2) is 0 Å². The van der Waals surface area contributed by atoms with Crippen molar-refractivity contribution in [3.63, 3.8) is 0 Å². The zero-order chi connectivity index (χ0) is 14.5. The first-order valence-corrected chi connectivity index (χ1v) is 7.57. The van der Waals surface area contributed by atoms with E-state index in [4.69, 9.17) is 5.11 Å². The quantitative estimate of drug-likeness (QED) is 0.897. The Bertz CT molecular complexity index is 448. The molecule has 110 valence electrons. The number of carbonyl (C=O) groups is 1. The van der Waals surface area contributed by atoms with Crippen LogP contribution in [0.2, 0.25) is 0 Å². The Morgan fingerprint density at radius 3 is 2.40 bits per heavy atom. The van der Waals surface area contributed by atoms with Crippen LogP contribution in [-0.2, 0) is 17.8 Å². The van der Waals surface area contributed by atoms with Gasteiger partial charge in [-0.15, -0.1) is 0 Å². The summed E-state index contributed by atoms with van der Waals surface area (Å²) in [6, 6.07) is 7.92. The highest BCUT2D eigenvalue weighted by atomic mass is 16.4. The number of hydrogen-bond acceptors (Lipinski definition) is 2. The molecule has 0 unspecified atom stereocenters. The van der Waals surface area contributed by atoms with Crippen LogP contribution in [0.25, 0.3) is 0 Å². The molecule has 0 atom stereocenters. The van der Waals surface area contributed by atoms with Crippen LogP contribution in [0.5, 0.6) is 0 Å². The number of rotatable bonds is 5. The Morgan fingerprint density at radius 1 is 1.25 bits per heavy atom. The monoisotopic (exact) mass is 275 g/mol. The molecule has 0 spiro atoms. The molecule has 0 radical (unpaired) electrons. The van der Waals surface area contributed by atoms with E-state index < -0.39 is 5.97 Å². The zero-order valence-electron chi connectivity index (χ0n) is 12.5. The topological polar surface area (TPSA) is 40.5 Å². The van der Waals surface area contributed by atoms with Crippen LogP contribution in [-0.4, -0.2) is 29.1 Å². The summed E-state index contributed by atoms with van der Waals surface area (Å²) in [6.07, 6.45) is 2.65. The molecule has 1 N–H and O–H groups in total. The lowest BCUT2D eigenvalue weighted by molar-refractivity contribution is -0.136. The molecule has 1 aliphatic rings. The van der Waals surface area contributed by atoms with E-state index >= 15 is 0 Å². The van der Waals surface area contributed by atoms with Crippen LogP contribution in [0.15, 0.2) is 24.3 Å². The fraction of sp³-hybridized carbons (Fsp3) is 0.588. The van der Waals surface area contributed by atoms with Crippen molar-refractivity contribution >= 4 is 5.97 Å². The Hall–Kier alpha value is -1.35. The van der Waals surface area contributed by atoms with Crippen LogP contribution in [0.4, 0.5) is 0 Å². The average molecular weight is 275 g/mol. The lowest BCUT2D eigenvalue weighted by Gasteiger charge is -2.34. The van der Waals surface area contributed by atoms with E-state index in [9.17, 15) is 4.79 Å². The van der Waals surface area contributed by atoms with E-state index in [1.807, 2.05) is 18.2 Å². The van der Waals surface area contributed by atoms with E-state index in [1.165, 1.54) is 12.8 Å². The van der Waals surface area contributed by atoms with E-state index in [0.717, 1.165) is 42.6 Å². The van der Waals surface area contributed by atoms with Crippen LogP contribution in [0.3, 0.4) is 0 Å². The molecule has 1 aliphatic heterocycles. The second-order valence-corrected chi connectivity index (χ2v) is 6.20. The third-order valence-electron chi connectivity index (χ3n) is 4.43. The van der Waals surface area contributed by atoms with Crippen molar-refractivity contribution in [1.82, 2.24) is 4.90 Å². The fourth-order valence-corrected chi connectivity index (χ4v) is 3.07. The first-order chi connectivity index (χ1) is 9.56. The maximum atomic E-state index is 10.9. The van der Waals surface area contributed by atoms with Gasteiger partial charge >= 0.3 is 5.97 Å². The number of carboxylic acids is 1. The first-order valence-electron chi connectivity index (χ1n) is 7.57. The maximum absolute atomic E-state index is 10.9. The summed E-state index contributed by atoms with van der Waals surface area (Å²) in [5, 5.41) is 8.98. The summed E-state index contributed by atoms with van der Waals surface area (Å²) in [5.74, 6) is 0.868. The maximum Gasteiger partial charge on any atom is 0.307 e. The molecule has 1 heterocycles. The lowest BCUT2D eigenvalue weighted by Crippen LogP contribution is -2.35. The second-order valence-electron chi connectivity index (χ2n) is 6.20. The molecule has 1 saturated heterocycles. The summed E-state index contributed by atoms with van der Waals surface area (Å²) in [5.41, 5.74) is 2.11. The van der Waals surface area contributed by atoms with Crippen LogP contribution in [0.1, 0.15) is 37.8 Å². The fourth-order valence-electron chi connectivity index (χ4n) is 3.07. The van der Waals surface area contributed by atoms with E-state index in [-0.39, 0.29) is 6.42 Å². The predicted molar refractivity (Wildman–Crippen MR) is 80.6 cm³/mol. The number of aliphatic carboxylic acids is 1. The second kappa shape index (κ2) is 6.89. The van der Waals surface area contributed by atoms with Gasteiger partial charge in [0, 0.05) is 6.54 Å². The molecule has 20 heavy (non-hydrogen) atoms. The Labute approximate surface area is 121 Å². The molecule has 1 aromatic rings. The van der Waals surface area contributed by atoms with Crippen molar-refractivity contribution in [2.75, 3.05) is 13.1 Å². The summed E-state index contributed by atoms with van der Waals surface area (Å²) < 4.78 is 0. The van der Waals surface area contributed by atoms with Crippen LogP contribution in [0, 0.1) is 11.8 Å². The minimum Gasteiger partial charge on any atom is -0.481 e. The molecule has 3 heteroatoms. The molecule has 1 aromatic carbocycles. The van der Waals surface area contributed by atoms with Gasteiger partial charge in [-0.1, -0.05) is 38.1 Å². The van der Waals surface area contributed by atoms with E-state index in [2.05, 4.69) is 24.8 Å². The number of likely N-dealkylation sites (tertiary alicyclic amines) is 1. The molecule has 2 rings (SSSR count). The number of hydrogen-bond donors (Lipinski definition) is 1. The van der Waals surface area contributed by atoms with Crippen molar-refractivity contribution in [2.24, 2.45) is 11.8 Å². The van der Waals surface area contributed by atoms with Crippen LogP contribution >= 0.6 is 0 Å². The van der Waals surface area contributed by atoms with Crippen molar-refractivity contribution in [2.45, 2.75) is 39.7 Å². The van der Waals surface area contributed by atoms with Gasteiger partial charge in [-0.2, -0.15) is 0 Å². The normalized spacial score (nSPS) is 17.6. The smallest absolute Gasteiger partial charge is 0.307 e. The Balaban J connectivity index is 1.96. The number of piperidine rings is 1. The number of benzene rings is 1. The van der Waals surface area contributed by atoms with Crippen molar-refractivity contribution in [3.8, 4) is 0 Å². The molecular weight excluding hydrogens is 250 g/mol. The highest BCUT2D eigenvalue weighted by molar-refractivity contribution is 5.70. The highest BCUT2D eigenvalue weighted by Crippen LogP contribution is 2.25. The van der Waals surface area contributed by atoms with Gasteiger partial charge in [-0.05, 0) is 48.9 Å². The van der Waals surface area contributed by atoms with Crippen LogP contribution < -0.4 is 0 Å². The van der Waals surface area contributed by atoms with Crippen molar-refractivity contribution in [1.29, 1.82) is 0 Å². The third-order valence-corrected chi connectivity index (χ3v) is 4.43. The van der Waals surface area contributed by atoms with Crippen molar-refractivity contribution < 1.29 is 9.90 Å². The number of nitrogens with zero attached hydrogens (tertiary/aromatic N) is 1. The van der Waals surface area contributed by atoms with Gasteiger partial charge in [0.1, 0.15) is 0 Å². The predicted octanol–water partition coefficient (Wildman–Crippen LogP) is 3.18. The molecule has 1 fully saturated rings. The van der Waals surface area contributed by atoms with E-state index in [1.54, 1.807) is 0 Å². The van der Waals surface area contributed by atoms with Gasteiger partial charge in [0.05, 0.1) is 6.42 Å². The van der Waals surface area contributed by atoms with Gasteiger partial charge in [0.25, 0.3) is 0 Å². The largest absolute Gasteiger partial charge is 0.481 e. The van der Waals surface area contributed by atoms with Gasteiger partial charge in [0.15, 0.2) is 0 Å². The van der Waals surface area contributed by atoms with E-state index in [0.29, 0.717) is 0 Å². The third kappa shape index (κ3) is 4.07. The average Bonchev–Trinajstić information content (AvgIpc) is 2.41. The molecule has 0 aromatic heterocycles. The molecular formula is C17H25NO2. The van der Waals surface area contributed by atoms with Gasteiger partial charge in [0.2, 0.25) is 0 Å². The highest BCUT2D eigenvalue weighted by Gasteiger charge is 2.22. The minimum atomic E-state index is -0.754.